The fraction of sp³-hybridized carbons (Fsp3) is 1.00. The maximum atomic E-state index is 3.71. The third-order valence-corrected chi connectivity index (χ3v) is 5.80. The summed E-state index contributed by atoms with van der Waals surface area (Å²) in [5, 5.41) is 4.43. The molecule has 0 aliphatic carbocycles. The van der Waals surface area contributed by atoms with Crippen LogP contribution in [-0.4, -0.2) is 16.7 Å². The van der Waals surface area contributed by atoms with Crippen molar-refractivity contribution in [3.8, 4) is 0 Å². The second-order valence-electron chi connectivity index (χ2n) is 4.39. The van der Waals surface area contributed by atoms with Gasteiger partial charge in [-0.1, -0.05) is 40.5 Å². The van der Waals surface area contributed by atoms with Gasteiger partial charge < -0.3 is 5.32 Å². The predicted octanol–water partition coefficient (Wildman–Crippen LogP) is 3.64. The van der Waals surface area contributed by atoms with E-state index in [1.165, 1.54) is 32.2 Å². The molecule has 0 aromatic carbocycles. The molecule has 1 fully saturated rings. The summed E-state index contributed by atoms with van der Waals surface area (Å²) in [6, 6.07) is 0. The van der Waals surface area contributed by atoms with Crippen molar-refractivity contribution in [3.05, 3.63) is 0 Å². The molecule has 1 unspecified atom stereocenters. The molecule has 1 aliphatic heterocycles. The SMILES string of the molecule is CCC(CC)C1NCC(CC)(CC)S1. The first-order chi connectivity index (χ1) is 6.71. The van der Waals surface area contributed by atoms with Crippen LogP contribution < -0.4 is 5.32 Å². The minimum Gasteiger partial charge on any atom is -0.304 e. The molecule has 0 saturated carbocycles. The van der Waals surface area contributed by atoms with Gasteiger partial charge in [0.2, 0.25) is 0 Å². The Hall–Kier alpha value is 0.310. The summed E-state index contributed by atoms with van der Waals surface area (Å²) in [6.07, 6.45) is 5.23. The number of nitrogens with one attached hydrogen (secondary N) is 1. The number of thioether (sulfide) groups is 1. The number of hydrogen-bond acceptors (Lipinski definition) is 2. The first kappa shape index (κ1) is 12.4. The summed E-state index contributed by atoms with van der Waals surface area (Å²) in [6.45, 7) is 10.5. The predicted molar refractivity (Wildman–Crippen MR) is 66.8 cm³/mol. The van der Waals surface area contributed by atoms with Crippen LogP contribution in [0.3, 0.4) is 0 Å². The van der Waals surface area contributed by atoms with Gasteiger partial charge in [0.1, 0.15) is 0 Å². The molecule has 0 bridgehead atoms. The van der Waals surface area contributed by atoms with Crippen molar-refractivity contribution < 1.29 is 0 Å². The summed E-state index contributed by atoms with van der Waals surface area (Å²) in [5.74, 6) is 0.861. The second kappa shape index (κ2) is 5.41. The van der Waals surface area contributed by atoms with E-state index in [2.05, 4.69) is 44.8 Å². The Morgan fingerprint density at radius 3 is 2.14 bits per heavy atom. The number of rotatable bonds is 5. The summed E-state index contributed by atoms with van der Waals surface area (Å²) >= 11 is 2.20. The van der Waals surface area contributed by atoms with Crippen molar-refractivity contribution in [1.29, 1.82) is 0 Å². The fourth-order valence-corrected chi connectivity index (χ4v) is 4.07. The monoisotopic (exact) mass is 215 g/mol. The van der Waals surface area contributed by atoms with Gasteiger partial charge in [-0.05, 0) is 18.8 Å². The van der Waals surface area contributed by atoms with Gasteiger partial charge in [0.25, 0.3) is 0 Å². The zero-order valence-electron chi connectivity index (χ0n) is 10.1. The summed E-state index contributed by atoms with van der Waals surface area (Å²) in [5.41, 5.74) is 0. The molecule has 0 amide bonds. The summed E-state index contributed by atoms with van der Waals surface area (Å²) < 4.78 is 0.535. The van der Waals surface area contributed by atoms with Gasteiger partial charge in [-0.25, -0.2) is 0 Å². The van der Waals surface area contributed by atoms with E-state index in [4.69, 9.17) is 0 Å². The smallest absolute Gasteiger partial charge is 0.0567 e. The highest BCUT2D eigenvalue weighted by molar-refractivity contribution is 8.01. The van der Waals surface area contributed by atoms with Crippen LogP contribution in [0.25, 0.3) is 0 Å². The molecular formula is C12H25NS. The zero-order valence-corrected chi connectivity index (χ0v) is 10.9. The molecule has 14 heavy (non-hydrogen) atoms. The van der Waals surface area contributed by atoms with Gasteiger partial charge >= 0.3 is 0 Å². The first-order valence-electron chi connectivity index (χ1n) is 6.12. The van der Waals surface area contributed by atoms with Crippen molar-refractivity contribution in [3.63, 3.8) is 0 Å². The maximum Gasteiger partial charge on any atom is 0.0567 e. The van der Waals surface area contributed by atoms with Crippen LogP contribution in [0.5, 0.6) is 0 Å². The molecule has 1 atom stereocenters. The fourth-order valence-electron chi connectivity index (χ4n) is 2.29. The summed E-state index contributed by atoms with van der Waals surface area (Å²) in [4.78, 5) is 0. The van der Waals surface area contributed by atoms with E-state index < -0.39 is 0 Å². The van der Waals surface area contributed by atoms with Gasteiger partial charge in [-0.2, -0.15) is 0 Å². The highest BCUT2D eigenvalue weighted by atomic mass is 32.2. The minimum absolute atomic E-state index is 0.535. The van der Waals surface area contributed by atoms with E-state index in [0.717, 1.165) is 5.92 Å². The molecule has 84 valence electrons. The molecule has 1 aliphatic rings. The largest absolute Gasteiger partial charge is 0.304 e. The van der Waals surface area contributed by atoms with Crippen molar-refractivity contribution in [1.82, 2.24) is 5.32 Å². The van der Waals surface area contributed by atoms with Crippen LogP contribution in [0.2, 0.25) is 0 Å². The van der Waals surface area contributed by atoms with E-state index in [-0.39, 0.29) is 0 Å². The molecule has 0 spiro atoms. The lowest BCUT2D eigenvalue weighted by atomic mass is 10.0. The van der Waals surface area contributed by atoms with Gasteiger partial charge in [-0.3, -0.25) is 0 Å². The Morgan fingerprint density at radius 2 is 1.79 bits per heavy atom. The van der Waals surface area contributed by atoms with E-state index in [9.17, 15) is 0 Å². The number of hydrogen-bond donors (Lipinski definition) is 1. The lowest BCUT2D eigenvalue weighted by Crippen LogP contribution is -2.30. The molecule has 0 aromatic rings. The standard InChI is InChI=1S/C12H25NS/c1-5-10(6-2)11-13-9-12(7-3,8-4)14-11/h10-11,13H,5-9H2,1-4H3. The average Bonchev–Trinajstić information content (AvgIpc) is 2.65. The Labute approximate surface area is 93.4 Å². The first-order valence-corrected chi connectivity index (χ1v) is 7.00. The third kappa shape index (κ3) is 2.46. The lowest BCUT2D eigenvalue weighted by Gasteiger charge is -2.26. The molecule has 1 N–H and O–H groups in total. The van der Waals surface area contributed by atoms with Crippen LogP contribution >= 0.6 is 11.8 Å². The Kier molecular flexibility index (Phi) is 4.78. The van der Waals surface area contributed by atoms with Crippen LogP contribution in [0.1, 0.15) is 53.4 Å². The molecule has 1 nitrogen and oxygen atoms in total. The summed E-state index contributed by atoms with van der Waals surface area (Å²) in [7, 11) is 0. The van der Waals surface area contributed by atoms with Crippen molar-refractivity contribution in [2.45, 2.75) is 63.5 Å². The van der Waals surface area contributed by atoms with Crippen molar-refractivity contribution in [2.24, 2.45) is 5.92 Å². The maximum absolute atomic E-state index is 3.71. The molecule has 1 saturated heterocycles. The lowest BCUT2D eigenvalue weighted by molar-refractivity contribution is 0.423. The van der Waals surface area contributed by atoms with E-state index in [0.29, 0.717) is 10.1 Å². The molecule has 0 aromatic heterocycles. The highest BCUT2D eigenvalue weighted by Crippen LogP contribution is 2.42. The topological polar surface area (TPSA) is 12.0 Å². The van der Waals surface area contributed by atoms with Crippen LogP contribution in [0.4, 0.5) is 0 Å². The van der Waals surface area contributed by atoms with E-state index >= 15 is 0 Å². The third-order valence-electron chi connectivity index (χ3n) is 3.77. The van der Waals surface area contributed by atoms with Crippen LogP contribution in [0.15, 0.2) is 0 Å². The Bertz CT molecular complexity index is 162. The van der Waals surface area contributed by atoms with Gasteiger partial charge in [0.05, 0.1) is 5.37 Å². The molecule has 1 rings (SSSR count). The average molecular weight is 215 g/mol. The Balaban J connectivity index is 2.54. The second-order valence-corrected chi connectivity index (χ2v) is 6.00. The van der Waals surface area contributed by atoms with Crippen LogP contribution in [0, 0.1) is 5.92 Å². The highest BCUT2D eigenvalue weighted by Gasteiger charge is 2.38. The van der Waals surface area contributed by atoms with Gasteiger partial charge in [-0.15, -0.1) is 11.8 Å². The van der Waals surface area contributed by atoms with Gasteiger partial charge in [0.15, 0.2) is 0 Å². The molecule has 2 heteroatoms. The van der Waals surface area contributed by atoms with E-state index in [1.807, 2.05) is 0 Å². The van der Waals surface area contributed by atoms with E-state index in [1.54, 1.807) is 0 Å². The minimum atomic E-state index is 0.535. The normalized spacial score (nSPS) is 25.9. The molecule has 1 heterocycles. The zero-order chi connectivity index (χ0) is 10.6. The molecular weight excluding hydrogens is 190 g/mol. The van der Waals surface area contributed by atoms with Gasteiger partial charge in [0, 0.05) is 11.3 Å². The molecule has 0 radical (unpaired) electrons. The quantitative estimate of drug-likeness (QED) is 0.751. The Morgan fingerprint density at radius 1 is 1.21 bits per heavy atom. The van der Waals surface area contributed by atoms with Crippen molar-refractivity contribution in [2.75, 3.05) is 6.54 Å². The van der Waals surface area contributed by atoms with Crippen LogP contribution in [-0.2, 0) is 0 Å². The van der Waals surface area contributed by atoms with Crippen molar-refractivity contribution >= 4 is 11.8 Å².